The lowest BCUT2D eigenvalue weighted by molar-refractivity contribution is -0.147. The molecule has 1 aliphatic rings. The van der Waals surface area contributed by atoms with Crippen LogP contribution in [0.1, 0.15) is 59.3 Å². The van der Waals surface area contributed by atoms with Gasteiger partial charge in [0.2, 0.25) is 0 Å². The summed E-state index contributed by atoms with van der Waals surface area (Å²) >= 11 is 3.43. The number of carbonyl (C=O) groups excluding carboxylic acids is 2. The average molecular weight is 431 g/mol. The van der Waals surface area contributed by atoms with Gasteiger partial charge in [0, 0.05) is 23.9 Å². The molecule has 6 heteroatoms. The number of Topliss-reactive ketones (excluding diaryl/α,β-unsaturated/α-hetero) is 1. The minimum Gasteiger partial charge on any atom is -0.486 e. The molecule has 5 nitrogen and oxygen atoms in total. The standard InChI is InChI=1S/C20H31BrO5/c1-4-11-20(26-13-8-6-7-12-21)14-17(9-10-18(20)16(3)22)25-15-19(23)24-5-2/h9-10H,4-8,11-15H2,1-3H3. The van der Waals surface area contributed by atoms with Crippen molar-refractivity contribution in [2.45, 2.75) is 64.9 Å². The second kappa shape index (κ2) is 12.3. The van der Waals surface area contributed by atoms with Crippen LogP contribution in [0.2, 0.25) is 0 Å². The van der Waals surface area contributed by atoms with Crippen LogP contribution in [0.5, 0.6) is 0 Å². The first-order chi connectivity index (χ1) is 12.5. The highest BCUT2D eigenvalue weighted by Crippen LogP contribution is 2.38. The summed E-state index contributed by atoms with van der Waals surface area (Å²) < 4.78 is 16.8. The number of halogens is 1. The van der Waals surface area contributed by atoms with Gasteiger partial charge in [-0.05, 0) is 45.3 Å². The number of allylic oxidation sites excluding steroid dienone is 2. The fraction of sp³-hybridized carbons (Fsp3) is 0.700. The number of hydrogen-bond acceptors (Lipinski definition) is 5. The van der Waals surface area contributed by atoms with Crippen molar-refractivity contribution in [2.75, 3.05) is 25.2 Å². The van der Waals surface area contributed by atoms with E-state index in [0.29, 0.717) is 31.0 Å². The number of esters is 1. The predicted octanol–water partition coefficient (Wildman–Crippen LogP) is 4.49. The lowest BCUT2D eigenvalue weighted by Gasteiger charge is -2.38. The third-order valence-corrected chi connectivity index (χ3v) is 4.82. The van der Waals surface area contributed by atoms with Gasteiger partial charge in [0.15, 0.2) is 12.4 Å². The van der Waals surface area contributed by atoms with Gasteiger partial charge in [-0.15, -0.1) is 0 Å². The molecule has 1 unspecified atom stereocenters. The molecule has 0 fully saturated rings. The number of rotatable bonds is 13. The lowest BCUT2D eigenvalue weighted by Crippen LogP contribution is -2.40. The van der Waals surface area contributed by atoms with E-state index in [2.05, 4.69) is 22.9 Å². The van der Waals surface area contributed by atoms with Crippen LogP contribution in [0, 0.1) is 0 Å². The predicted molar refractivity (Wildman–Crippen MR) is 105 cm³/mol. The largest absolute Gasteiger partial charge is 0.486 e. The molecule has 0 aromatic rings. The molecule has 1 aliphatic carbocycles. The summed E-state index contributed by atoms with van der Waals surface area (Å²) in [6.45, 7) is 6.20. The van der Waals surface area contributed by atoms with Crippen LogP contribution >= 0.6 is 15.9 Å². The highest BCUT2D eigenvalue weighted by Gasteiger charge is 2.40. The first kappa shape index (κ1) is 22.9. The molecule has 0 aromatic carbocycles. The number of hydrogen-bond donors (Lipinski definition) is 0. The summed E-state index contributed by atoms with van der Waals surface area (Å²) in [6, 6.07) is 0. The van der Waals surface area contributed by atoms with Gasteiger partial charge < -0.3 is 14.2 Å². The van der Waals surface area contributed by atoms with E-state index in [1.54, 1.807) is 26.0 Å². The first-order valence-electron chi connectivity index (χ1n) is 9.39. The van der Waals surface area contributed by atoms with Gasteiger partial charge in [0.1, 0.15) is 11.4 Å². The number of ether oxygens (including phenoxy) is 3. The van der Waals surface area contributed by atoms with Crippen molar-refractivity contribution in [3.8, 4) is 0 Å². The Balaban J connectivity index is 2.84. The highest BCUT2D eigenvalue weighted by molar-refractivity contribution is 9.09. The van der Waals surface area contributed by atoms with Gasteiger partial charge in [0.05, 0.1) is 6.61 Å². The van der Waals surface area contributed by atoms with Crippen molar-refractivity contribution in [1.29, 1.82) is 0 Å². The van der Waals surface area contributed by atoms with Gasteiger partial charge >= 0.3 is 5.97 Å². The summed E-state index contributed by atoms with van der Waals surface area (Å²) in [6.07, 6.45) is 8.75. The smallest absolute Gasteiger partial charge is 0.344 e. The van der Waals surface area contributed by atoms with E-state index in [9.17, 15) is 9.59 Å². The van der Waals surface area contributed by atoms with Crippen molar-refractivity contribution in [1.82, 2.24) is 0 Å². The molecule has 0 saturated carbocycles. The molecular formula is C20H31BrO5. The molecule has 0 amide bonds. The van der Waals surface area contributed by atoms with Crippen LogP contribution in [0.3, 0.4) is 0 Å². The maximum absolute atomic E-state index is 12.2. The zero-order valence-electron chi connectivity index (χ0n) is 16.1. The Morgan fingerprint density at radius 1 is 1.19 bits per heavy atom. The monoisotopic (exact) mass is 430 g/mol. The Hall–Kier alpha value is -1.14. The molecule has 148 valence electrons. The van der Waals surface area contributed by atoms with Gasteiger partial charge in [0.25, 0.3) is 0 Å². The Labute approximate surface area is 165 Å². The van der Waals surface area contributed by atoms with Crippen LogP contribution < -0.4 is 0 Å². The zero-order chi connectivity index (χ0) is 19.4. The Bertz CT molecular complexity index is 526. The van der Waals surface area contributed by atoms with Gasteiger partial charge in [-0.3, -0.25) is 4.79 Å². The van der Waals surface area contributed by atoms with Crippen LogP contribution in [0.25, 0.3) is 0 Å². The molecule has 0 aromatic heterocycles. The molecule has 0 spiro atoms. The second-order valence-corrected chi connectivity index (χ2v) is 7.18. The topological polar surface area (TPSA) is 61.8 Å². The fourth-order valence-electron chi connectivity index (χ4n) is 3.12. The molecule has 0 radical (unpaired) electrons. The zero-order valence-corrected chi connectivity index (χ0v) is 17.7. The van der Waals surface area contributed by atoms with E-state index < -0.39 is 11.6 Å². The number of alkyl halides is 1. The molecule has 1 atom stereocenters. The molecular weight excluding hydrogens is 400 g/mol. The van der Waals surface area contributed by atoms with Crippen LogP contribution in [-0.4, -0.2) is 42.5 Å². The van der Waals surface area contributed by atoms with Crippen LogP contribution in [0.4, 0.5) is 0 Å². The van der Waals surface area contributed by atoms with Crippen molar-refractivity contribution < 1.29 is 23.8 Å². The summed E-state index contributed by atoms with van der Waals surface area (Å²) in [5, 5.41) is 0.986. The van der Waals surface area contributed by atoms with Gasteiger partial charge in [-0.1, -0.05) is 35.7 Å². The van der Waals surface area contributed by atoms with Crippen molar-refractivity contribution >= 4 is 27.7 Å². The summed E-state index contributed by atoms with van der Waals surface area (Å²) in [5.41, 5.74) is 0.0107. The Morgan fingerprint density at radius 2 is 1.96 bits per heavy atom. The van der Waals surface area contributed by atoms with Crippen molar-refractivity contribution in [3.63, 3.8) is 0 Å². The molecule has 0 aliphatic heterocycles. The van der Waals surface area contributed by atoms with E-state index in [-0.39, 0.29) is 12.4 Å². The van der Waals surface area contributed by atoms with Crippen LogP contribution in [0.15, 0.2) is 23.5 Å². The molecule has 0 N–H and O–H groups in total. The Kier molecular flexibility index (Phi) is 10.8. The summed E-state index contributed by atoms with van der Waals surface area (Å²) in [5.74, 6) is 0.267. The molecule has 0 saturated heterocycles. The number of unbranched alkanes of at least 4 members (excludes halogenated alkanes) is 2. The van der Waals surface area contributed by atoms with Crippen molar-refractivity contribution in [3.05, 3.63) is 23.5 Å². The van der Waals surface area contributed by atoms with E-state index >= 15 is 0 Å². The minimum atomic E-state index is -0.673. The average Bonchev–Trinajstić information content (AvgIpc) is 2.60. The highest BCUT2D eigenvalue weighted by atomic mass is 79.9. The number of carbonyl (C=O) groups is 2. The van der Waals surface area contributed by atoms with E-state index in [1.165, 1.54) is 0 Å². The lowest BCUT2D eigenvalue weighted by atomic mass is 9.80. The maximum Gasteiger partial charge on any atom is 0.344 e. The molecule has 26 heavy (non-hydrogen) atoms. The Morgan fingerprint density at radius 3 is 2.58 bits per heavy atom. The quantitative estimate of drug-likeness (QED) is 0.244. The van der Waals surface area contributed by atoms with Gasteiger partial charge in [-0.25, -0.2) is 4.79 Å². The summed E-state index contributed by atoms with van der Waals surface area (Å²) in [4.78, 5) is 23.7. The third kappa shape index (κ3) is 7.23. The number of ketones is 1. The van der Waals surface area contributed by atoms with E-state index in [1.807, 2.05) is 0 Å². The van der Waals surface area contributed by atoms with E-state index in [0.717, 1.165) is 37.4 Å². The second-order valence-electron chi connectivity index (χ2n) is 6.38. The first-order valence-corrected chi connectivity index (χ1v) is 10.5. The van der Waals surface area contributed by atoms with Crippen LogP contribution in [-0.2, 0) is 23.8 Å². The SMILES string of the molecule is CCCC1(OCCCCCBr)CC(OCC(=O)OCC)=CC=C1C(C)=O. The maximum atomic E-state index is 12.2. The molecule has 0 heterocycles. The molecule has 1 rings (SSSR count). The van der Waals surface area contributed by atoms with Crippen molar-refractivity contribution in [2.24, 2.45) is 0 Å². The van der Waals surface area contributed by atoms with Gasteiger partial charge in [-0.2, -0.15) is 0 Å². The summed E-state index contributed by atoms with van der Waals surface area (Å²) in [7, 11) is 0. The fourth-order valence-corrected chi connectivity index (χ4v) is 3.52. The third-order valence-electron chi connectivity index (χ3n) is 4.26. The normalized spacial score (nSPS) is 19.5. The molecule has 0 bridgehead atoms. The van der Waals surface area contributed by atoms with E-state index in [4.69, 9.17) is 14.2 Å². The minimum absolute atomic E-state index is 0.0135.